The molecule has 0 atom stereocenters. The van der Waals surface area contributed by atoms with E-state index in [1.165, 1.54) is 0 Å². The molecule has 2 rings (SSSR count). The van der Waals surface area contributed by atoms with Crippen LogP contribution in [0.15, 0.2) is 30.3 Å². The van der Waals surface area contributed by atoms with Gasteiger partial charge in [-0.15, -0.1) is 10.2 Å². The summed E-state index contributed by atoms with van der Waals surface area (Å²) in [6.45, 7) is 0. The van der Waals surface area contributed by atoms with E-state index in [0.717, 1.165) is 5.56 Å². The normalized spacial score (nSPS) is 8.31. The van der Waals surface area contributed by atoms with Crippen LogP contribution in [0.4, 0.5) is 0 Å². The number of nitrogens with zero attached hydrogens (tertiary/aromatic N) is 3. The van der Waals surface area contributed by atoms with Crippen molar-refractivity contribution in [2.24, 2.45) is 0 Å². The van der Waals surface area contributed by atoms with Gasteiger partial charge in [-0.3, -0.25) is 0 Å². The van der Waals surface area contributed by atoms with E-state index in [1.807, 2.05) is 30.3 Å². The zero-order valence-electron chi connectivity index (χ0n) is 7.11. The van der Waals surface area contributed by atoms with Crippen molar-refractivity contribution in [3.8, 4) is 11.4 Å². The summed E-state index contributed by atoms with van der Waals surface area (Å²) < 4.78 is 0. The molecule has 0 spiro atoms. The van der Waals surface area contributed by atoms with Gasteiger partial charge in [0, 0.05) is 5.56 Å². The molecule has 0 unspecified atom stereocenters. The Morgan fingerprint density at radius 2 is 1.77 bits per heavy atom. The molecule has 0 radical (unpaired) electrons. The summed E-state index contributed by atoms with van der Waals surface area (Å²) in [5, 5.41) is 13.5. The third-order valence-corrected chi connectivity index (χ3v) is 1.38. The van der Waals surface area contributed by atoms with Crippen LogP contribution >= 0.6 is 0 Å². The molecule has 1 aromatic carbocycles. The molecular weight excluding hydrogens is 199 g/mol. The van der Waals surface area contributed by atoms with Crippen LogP contribution in [0, 0.1) is 0 Å². The van der Waals surface area contributed by atoms with Crippen molar-refractivity contribution < 1.29 is 42.0 Å². The van der Waals surface area contributed by atoms with Crippen molar-refractivity contribution in [1.82, 2.24) is 20.6 Å². The molecule has 1 heterocycles. The van der Waals surface area contributed by atoms with Gasteiger partial charge in [0.05, 0.1) is 0 Å². The van der Waals surface area contributed by atoms with E-state index in [-0.39, 0.29) is 42.0 Å². The topological polar surface area (TPSA) is 54.5 Å². The Labute approximate surface area is 104 Å². The monoisotopic (exact) mass is 204 g/mol. The SMILES string of the molecule is [Cl-].[Na+].c1ccc(-c2nn[nH]n2)cc1. The average molecular weight is 205 g/mol. The maximum atomic E-state index is 3.84. The first-order valence-electron chi connectivity index (χ1n) is 3.26. The Hall–Kier alpha value is -0.420. The number of hydrogen-bond acceptors (Lipinski definition) is 3. The van der Waals surface area contributed by atoms with Crippen LogP contribution in [-0.4, -0.2) is 20.6 Å². The molecule has 6 heteroatoms. The fourth-order valence-corrected chi connectivity index (χ4v) is 0.871. The Kier molecular flexibility index (Phi) is 5.90. The molecule has 1 N–H and O–H groups in total. The number of hydrogen-bond donors (Lipinski definition) is 1. The molecular formula is C7H6ClN4Na. The molecule has 2 aromatic rings. The molecule has 1 aromatic heterocycles. The van der Waals surface area contributed by atoms with E-state index in [1.54, 1.807) is 0 Å². The van der Waals surface area contributed by atoms with Gasteiger partial charge in [0.1, 0.15) is 0 Å². The van der Waals surface area contributed by atoms with E-state index in [2.05, 4.69) is 20.6 Å². The number of aromatic amines is 1. The summed E-state index contributed by atoms with van der Waals surface area (Å²) in [4.78, 5) is 0. The second-order valence-corrected chi connectivity index (χ2v) is 2.10. The van der Waals surface area contributed by atoms with Gasteiger partial charge in [-0.1, -0.05) is 30.3 Å². The van der Waals surface area contributed by atoms with Crippen molar-refractivity contribution in [2.75, 3.05) is 0 Å². The largest absolute Gasteiger partial charge is 1.00 e. The van der Waals surface area contributed by atoms with Crippen molar-refractivity contribution in [3.63, 3.8) is 0 Å². The van der Waals surface area contributed by atoms with E-state index < -0.39 is 0 Å². The van der Waals surface area contributed by atoms with Crippen molar-refractivity contribution in [1.29, 1.82) is 0 Å². The number of tetrazole rings is 1. The number of halogens is 1. The smallest absolute Gasteiger partial charge is 1.00 e. The standard InChI is InChI=1S/C7H6N4.ClH.Na/c1-2-4-6(5-3-1)7-8-10-11-9-7;;/h1-5H,(H,8,9,10,11);1H;/q;;+1/p-1. The number of aromatic nitrogens is 4. The minimum absolute atomic E-state index is 0. The first-order chi connectivity index (χ1) is 5.47. The van der Waals surface area contributed by atoms with Crippen molar-refractivity contribution >= 4 is 0 Å². The summed E-state index contributed by atoms with van der Waals surface area (Å²) in [5.41, 5.74) is 0.973. The molecule has 0 amide bonds. The number of rotatable bonds is 1. The van der Waals surface area contributed by atoms with Crippen LogP contribution in [-0.2, 0) is 0 Å². The van der Waals surface area contributed by atoms with Crippen LogP contribution in [0.3, 0.4) is 0 Å². The quantitative estimate of drug-likeness (QED) is 0.473. The molecule has 13 heavy (non-hydrogen) atoms. The Balaban J connectivity index is 0.000000720. The molecule has 0 fully saturated rings. The van der Waals surface area contributed by atoms with E-state index in [0.29, 0.717) is 5.82 Å². The number of nitrogens with one attached hydrogen (secondary N) is 1. The maximum absolute atomic E-state index is 3.84. The van der Waals surface area contributed by atoms with Crippen LogP contribution in [0.5, 0.6) is 0 Å². The van der Waals surface area contributed by atoms with Gasteiger partial charge in [0.25, 0.3) is 0 Å². The molecule has 0 bridgehead atoms. The van der Waals surface area contributed by atoms with Gasteiger partial charge in [-0.05, 0) is 5.21 Å². The van der Waals surface area contributed by atoms with E-state index in [9.17, 15) is 0 Å². The van der Waals surface area contributed by atoms with Gasteiger partial charge >= 0.3 is 29.6 Å². The number of H-pyrrole nitrogens is 1. The Morgan fingerprint density at radius 3 is 2.31 bits per heavy atom. The van der Waals surface area contributed by atoms with Gasteiger partial charge < -0.3 is 12.4 Å². The van der Waals surface area contributed by atoms with Crippen molar-refractivity contribution in [3.05, 3.63) is 30.3 Å². The van der Waals surface area contributed by atoms with E-state index >= 15 is 0 Å². The first-order valence-corrected chi connectivity index (χ1v) is 3.26. The maximum Gasteiger partial charge on any atom is 1.00 e. The second-order valence-electron chi connectivity index (χ2n) is 2.10. The van der Waals surface area contributed by atoms with Crippen molar-refractivity contribution in [2.45, 2.75) is 0 Å². The zero-order chi connectivity index (χ0) is 7.52. The molecule has 0 saturated carbocycles. The predicted octanol–water partition coefficient (Wildman–Crippen LogP) is -5.13. The molecule has 62 valence electrons. The third-order valence-electron chi connectivity index (χ3n) is 1.38. The summed E-state index contributed by atoms with van der Waals surface area (Å²) in [6, 6.07) is 9.69. The molecule has 0 saturated heterocycles. The summed E-state index contributed by atoms with van der Waals surface area (Å²) in [7, 11) is 0. The van der Waals surface area contributed by atoms with Gasteiger partial charge in [-0.2, -0.15) is 5.21 Å². The number of benzene rings is 1. The minimum Gasteiger partial charge on any atom is -1.00 e. The van der Waals surface area contributed by atoms with E-state index in [4.69, 9.17) is 0 Å². The zero-order valence-corrected chi connectivity index (χ0v) is 9.86. The van der Waals surface area contributed by atoms with Gasteiger partial charge in [0.2, 0.25) is 5.82 Å². The second kappa shape index (κ2) is 6.10. The Bertz CT molecular complexity index is 323. The Morgan fingerprint density at radius 1 is 1.08 bits per heavy atom. The predicted molar refractivity (Wildman–Crippen MR) is 39.6 cm³/mol. The van der Waals surface area contributed by atoms with Crippen LogP contribution < -0.4 is 42.0 Å². The molecule has 4 nitrogen and oxygen atoms in total. The van der Waals surface area contributed by atoms with Crippen LogP contribution in [0.2, 0.25) is 0 Å². The third kappa shape index (κ3) is 3.08. The summed E-state index contributed by atoms with van der Waals surface area (Å²) in [5.74, 6) is 0.630. The van der Waals surface area contributed by atoms with Crippen LogP contribution in [0.25, 0.3) is 11.4 Å². The fourth-order valence-electron chi connectivity index (χ4n) is 0.871. The molecule has 0 aliphatic carbocycles. The van der Waals surface area contributed by atoms with Gasteiger partial charge in [-0.25, -0.2) is 0 Å². The minimum atomic E-state index is 0. The fraction of sp³-hybridized carbons (Fsp3) is 0. The summed E-state index contributed by atoms with van der Waals surface area (Å²) >= 11 is 0. The van der Waals surface area contributed by atoms with Crippen LogP contribution in [0.1, 0.15) is 0 Å². The first kappa shape index (κ1) is 12.6. The molecule has 0 aliphatic heterocycles. The van der Waals surface area contributed by atoms with Gasteiger partial charge in [0.15, 0.2) is 0 Å². The average Bonchev–Trinajstić information content (AvgIpc) is 2.58. The molecule has 0 aliphatic rings. The summed E-state index contributed by atoms with van der Waals surface area (Å²) in [6.07, 6.45) is 0.